The van der Waals surface area contributed by atoms with Crippen molar-refractivity contribution < 1.29 is 6.85 Å². The maximum Gasteiger partial charge on any atom is 0.238 e. The highest BCUT2D eigenvalue weighted by Gasteiger charge is 2.23. The van der Waals surface area contributed by atoms with E-state index in [1.807, 2.05) is 54.6 Å². The molecule has 0 amide bonds. The van der Waals surface area contributed by atoms with E-state index in [4.69, 9.17) is 21.8 Å². The number of hydrogen-bond acceptors (Lipinski definition) is 3. The van der Waals surface area contributed by atoms with Gasteiger partial charge >= 0.3 is 0 Å². The van der Waals surface area contributed by atoms with Crippen LogP contribution < -0.4 is 0 Å². The zero-order valence-corrected chi connectivity index (χ0v) is 26.6. The van der Waals surface area contributed by atoms with Crippen molar-refractivity contribution >= 4 is 43.6 Å². The predicted octanol–water partition coefficient (Wildman–Crippen LogP) is 11.1. The molecule has 0 aliphatic rings. The number of aromatic nitrogens is 5. The van der Waals surface area contributed by atoms with Crippen LogP contribution in [0.15, 0.2) is 176 Å². The van der Waals surface area contributed by atoms with Crippen LogP contribution in [0.25, 0.3) is 89.2 Å². The molecule has 5 nitrogen and oxygen atoms in total. The number of hydrogen-bond donors (Lipinski definition) is 0. The Hall–Kier alpha value is -6.85. The van der Waals surface area contributed by atoms with Crippen LogP contribution in [-0.2, 0) is 0 Å². The Balaban J connectivity index is 1.31. The summed E-state index contributed by atoms with van der Waals surface area (Å²) in [6.45, 7) is 0. The third-order valence-corrected chi connectivity index (χ3v) is 9.25. The van der Waals surface area contributed by atoms with E-state index in [2.05, 4.69) is 81.9 Å². The first-order chi connectivity index (χ1) is 26.9. The van der Waals surface area contributed by atoms with E-state index in [0.29, 0.717) is 28.7 Å². The van der Waals surface area contributed by atoms with Gasteiger partial charge in [0, 0.05) is 38.4 Å². The highest BCUT2D eigenvalue weighted by Crippen LogP contribution is 2.41. The minimum absolute atomic E-state index is 0.115. The van der Waals surface area contributed by atoms with Crippen molar-refractivity contribution in [2.45, 2.75) is 0 Å². The maximum atomic E-state index is 8.64. The van der Waals surface area contributed by atoms with Crippen molar-refractivity contribution in [1.29, 1.82) is 0 Å². The van der Waals surface area contributed by atoms with Gasteiger partial charge in [0.05, 0.1) is 28.9 Å². The molecule has 0 unspecified atom stereocenters. The highest BCUT2D eigenvalue weighted by molar-refractivity contribution is 6.23. The van der Waals surface area contributed by atoms with E-state index >= 15 is 0 Å². The minimum atomic E-state index is -0.434. The molecule has 7 aromatic carbocycles. The molecule has 0 radical (unpaired) electrons. The number of rotatable bonds is 5. The summed E-state index contributed by atoms with van der Waals surface area (Å²) in [5, 5.41) is 4.33. The topological polar surface area (TPSA) is 48.5 Å². The van der Waals surface area contributed by atoms with Crippen molar-refractivity contribution in [2.75, 3.05) is 0 Å². The Morgan fingerprint density at radius 2 is 0.940 bits per heavy atom. The monoisotopic (exact) mass is 644 g/mol. The van der Waals surface area contributed by atoms with Gasteiger partial charge in [-0.1, -0.05) is 145 Å². The Labute approximate surface area is 295 Å². The van der Waals surface area contributed by atoms with Gasteiger partial charge in [-0.2, -0.15) is 9.97 Å². The standard InChI is InChI=1S/C45H29N5/c1-4-15-30(16-5-1)32-19-14-20-33(29-32)44-46-43(31-17-6-2-7-18-31)47-45(48-44)50-40-26-13-11-24-36(40)38-28-27-37-35-23-10-12-25-39(35)49(41(37)42(38)50)34-21-8-3-9-22-34/h1-29H/i1D,4D,5D,15D,16D. The fraction of sp³-hybridized carbons (Fsp3) is 0. The molecule has 0 spiro atoms. The zero-order chi connectivity index (χ0) is 37.4. The molecule has 10 aromatic rings. The zero-order valence-electron chi connectivity index (χ0n) is 31.6. The third-order valence-electron chi connectivity index (χ3n) is 9.25. The van der Waals surface area contributed by atoms with Crippen LogP contribution in [0.3, 0.4) is 0 Å². The van der Waals surface area contributed by atoms with Gasteiger partial charge in [0.2, 0.25) is 5.95 Å². The molecule has 234 valence electrons. The van der Waals surface area contributed by atoms with Crippen LogP contribution >= 0.6 is 0 Å². The third kappa shape index (κ3) is 4.45. The lowest BCUT2D eigenvalue weighted by Gasteiger charge is -2.13. The lowest BCUT2D eigenvalue weighted by Crippen LogP contribution is -2.07. The number of fused-ring (bicyclic) bond motifs is 7. The van der Waals surface area contributed by atoms with Crippen LogP contribution in [0.1, 0.15) is 6.85 Å². The molecule has 0 saturated carbocycles. The summed E-state index contributed by atoms with van der Waals surface area (Å²) in [6.07, 6.45) is 0. The van der Waals surface area contributed by atoms with Crippen molar-refractivity contribution in [1.82, 2.24) is 24.1 Å². The van der Waals surface area contributed by atoms with Crippen molar-refractivity contribution in [3.8, 4) is 45.5 Å². The molecule has 0 fully saturated rings. The molecule has 3 heterocycles. The van der Waals surface area contributed by atoms with Gasteiger partial charge in [-0.3, -0.25) is 4.57 Å². The summed E-state index contributed by atoms with van der Waals surface area (Å²) in [5.41, 5.74) is 7.00. The quantitative estimate of drug-likeness (QED) is 0.187. The van der Waals surface area contributed by atoms with Gasteiger partial charge in [-0.05, 0) is 41.5 Å². The molecule has 0 atom stereocenters. The van der Waals surface area contributed by atoms with Crippen molar-refractivity contribution in [3.63, 3.8) is 0 Å². The molecule has 10 rings (SSSR count). The first-order valence-electron chi connectivity index (χ1n) is 18.9. The second-order valence-corrected chi connectivity index (χ2v) is 12.1. The molecule has 0 aliphatic carbocycles. The van der Waals surface area contributed by atoms with Crippen molar-refractivity contribution in [2.24, 2.45) is 0 Å². The molecule has 0 bridgehead atoms. The average Bonchev–Trinajstić information content (AvgIpc) is 3.76. The van der Waals surface area contributed by atoms with Gasteiger partial charge < -0.3 is 4.57 Å². The molecule has 5 heteroatoms. The summed E-state index contributed by atoms with van der Waals surface area (Å²) in [5.74, 6) is 1.26. The van der Waals surface area contributed by atoms with Crippen LogP contribution in [0.4, 0.5) is 0 Å². The van der Waals surface area contributed by atoms with Crippen LogP contribution in [0.2, 0.25) is 0 Å². The second-order valence-electron chi connectivity index (χ2n) is 12.1. The van der Waals surface area contributed by atoms with Gasteiger partial charge in [0.1, 0.15) is 0 Å². The van der Waals surface area contributed by atoms with Gasteiger partial charge in [-0.15, -0.1) is 0 Å². The first kappa shape index (κ1) is 23.5. The van der Waals surface area contributed by atoms with E-state index in [-0.39, 0.29) is 29.7 Å². The molecule has 0 N–H and O–H groups in total. The van der Waals surface area contributed by atoms with Crippen molar-refractivity contribution in [3.05, 3.63) is 176 Å². The largest absolute Gasteiger partial charge is 0.307 e. The van der Waals surface area contributed by atoms with Gasteiger partial charge in [0.15, 0.2) is 11.6 Å². The van der Waals surface area contributed by atoms with E-state index < -0.39 is 6.04 Å². The summed E-state index contributed by atoms with van der Waals surface area (Å²) in [6, 6.07) is 46.6. The maximum absolute atomic E-state index is 8.64. The van der Waals surface area contributed by atoms with Crippen LogP contribution in [0, 0.1) is 0 Å². The number of nitrogens with zero attached hydrogens (tertiary/aromatic N) is 5. The Kier molecular flexibility index (Phi) is 5.35. The summed E-state index contributed by atoms with van der Waals surface area (Å²) < 4.78 is 46.4. The molecular weight excluding hydrogens is 611 g/mol. The SMILES string of the molecule is [2H]c1c([2H])c([2H])c(-c2cccc(-c3nc(-c4ccccc4)nc(-n4c5ccccc5c5ccc6c7ccccc7n(-c7ccccc7)c6c54)n3)c2)c([2H])c1[2H]. The number of benzene rings is 7. The second kappa shape index (κ2) is 11.4. The van der Waals surface area contributed by atoms with E-state index in [9.17, 15) is 0 Å². The summed E-state index contributed by atoms with van der Waals surface area (Å²) in [7, 11) is 0. The average molecular weight is 645 g/mol. The normalized spacial score (nSPS) is 13.0. The highest BCUT2D eigenvalue weighted by atomic mass is 15.2. The van der Waals surface area contributed by atoms with Crippen LogP contribution in [-0.4, -0.2) is 24.1 Å². The smallest absolute Gasteiger partial charge is 0.238 e. The van der Waals surface area contributed by atoms with E-state index in [1.165, 1.54) is 0 Å². The number of para-hydroxylation sites is 3. The first-order valence-corrected chi connectivity index (χ1v) is 16.4. The minimum Gasteiger partial charge on any atom is -0.307 e. The fourth-order valence-electron chi connectivity index (χ4n) is 7.07. The Morgan fingerprint density at radius 3 is 1.64 bits per heavy atom. The lowest BCUT2D eigenvalue weighted by molar-refractivity contribution is 0.953. The molecule has 50 heavy (non-hydrogen) atoms. The summed E-state index contributed by atoms with van der Waals surface area (Å²) in [4.78, 5) is 15.4. The summed E-state index contributed by atoms with van der Waals surface area (Å²) >= 11 is 0. The Bertz CT molecular complexity index is 3130. The van der Waals surface area contributed by atoms with Crippen LogP contribution in [0.5, 0.6) is 0 Å². The predicted molar refractivity (Wildman–Crippen MR) is 205 cm³/mol. The molecule has 0 saturated heterocycles. The van der Waals surface area contributed by atoms with Gasteiger partial charge in [-0.25, -0.2) is 4.98 Å². The Morgan fingerprint density at radius 1 is 0.400 bits per heavy atom. The molecular formula is C45H29N5. The lowest BCUT2D eigenvalue weighted by atomic mass is 10.0. The molecule has 3 aromatic heterocycles. The molecule has 0 aliphatic heterocycles. The van der Waals surface area contributed by atoms with E-state index in [0.717, 1.165) is 54.9 Å². The van der Waals surface area contributed by atoms with Gasteiger partial charge in [0.25, 0.3) is 0 Å². The fourth-order valence-corrected chi connectivity index (χ4v) is 7.07. The van der Waals surface area contributed by atoms with E-state index in [1.54, 1.807) is 18.2 Å².